The van der Waals surface area contributed by atoms with Gasteiger partial charge in [0, 0.05) is 0 Å². The van der Waals surface area contributed by atoms with E-state index in [0.29, 0.717) is 0 Å². The quantitative estimate of drug-likeness (QED) is 0.171. The van der Waals surface area contributed by atoms with Crippen LogP contribution in [0.5, 0.6) is 0 Å². The van der Waals surface area contributed by atoms with Gasteiger partial charge < -0.3 is 39.7 Å². The Bertz CT molecular complexity index is 1110. The number of nitrogens with zero attached hydrogens (tertiary/aromatic N) is 2. The van der Waals surface area contributed by atoms with Crippen LogP contribution in [-0.4, -0.2) is 28.6 Å². The minimum Gasteiger partial charge on any atom is -0.662 e. The molecular weight excluding hydrogens is 829 g/mol. The largest absolute Gasteiger partial charge is 4.00 e. The Morgan fingerprint density at radius 3 is 1.08 bits per heavy atom. The zero-order valence-corrected chi connectivity index (χ0v) is 47.4. The molecule has 14 atom stereocenters. The first-order chi connectivity index (χ1) is 25.9. The Labute approximate surface area is 411 Å². The molecule has 8 aliphatic carbocycles. The van der Waals surface area contributed by atoms with E-state index in [4.69, 9.17) is 9.96 Å². The molecular formula is C54H101N2Si2Ti2. The van der Waals surface area contributed by atoms with Gasteiger partial charge in [-0.3, -0.25) is 0 Å². The molecule has 0 aliphatic heterocycles. The molecule has 0 aromatic heterocycles. The van der Waals surface area contributed by atoms with Crippen LogP contribution in [0.4, 0.5) is 0 Å². The van der Waals surface area contributed by atoms with Gasteiger partial charge in [-0.05, 0) is 96.7 Å². The molecule has 2 nitrogen and oxygen atoms in total. The molecule has 8 saturated carbocycles. The summed E-state index contributed by atoms with van der Waals surface area (Å²) in [7, 11) is -2.98. The summed E-state index contributed by atoms with van der Waals surface area (Å²) in [5.41, 5.74) is 1.95. The van der Waals surface area contributed by atoms with Crippen molar-refractivity contribution < 1.29 is 43.4 Å². The smallest absolute Gasteiger partial charge is 0.662 e. The van der Waals surface area contributed by atoms with Gasteiger partial charge in [-0.15, -0.1) is 12.1 Å². The molecule has 6 heteroatoms. The Morgan fingerprint density at radius 2 is 0.800 bits per heavy atom. The monoisotopic (exact) mass is 930 g/mol. The minimum atomic E-state index is -1.49. The van der Waals surface area contributed by atoms with Crippen LogP contribution >= 0.6 is 0 Å². The summed E-state index contributed by atoms with van der Waals surface area (Å²) in [4.78, 5) is 11.3. The van der Waals surface area contributed by atoms with Crippen LogP contribution in [0.1, 0.15) is 163 Å². The molecule has 0 spiro atoms. The molecule has 0 amide bonds. The number of hydrogen-bond donors (Lipinski definition) is 0. The van der Waals surface area contributed by atoms with Crippen LogP contribution < -0.4 is 0 Å². The first kappa shape index (κ1) is 61.1. The zero-order valence-electron chi connectivity index (χ0n) is 42.3. The van der Waals surface area contributed by atoms with Gasteiger partial charge in [0.25, 0.3) is 0 Å². The van der Waals surface area contributed by atoms with E-state index in [-0.39, 0.29) is 73.1 Å². The molecule has 8 fully saturated rings. The van der Waals surface area contributed by atoms with E-state index in [9.17, 15) is 0 Å². The van der Waals surface area contributed by atoms with Gasteiger partial charge >= 0.3 is 43.4 Å². The van der Waals surface area contributed by atoms with Crippen molar-refractivity contribution in [1.82, 2.24) is 0 Å². The molecule has 0 heterocycles. The van der Waals surface area contributed by atoms with Gasteiger partial charge in [-0.1, -0.05) is 191 Å². The summed E-state index contributed by atoms with van der Waals surface area (Å²) < 4.78 is 0. The molecule has 60 heavy (non-hydrogen) atoms. The van der Waals surface area contributed by atoms with Gasteiger partial charge in [-0.25, -0.2) is 0 Å². The second-order valence-electron chi connectivity index (χ2n) is 22.1. The minimum absolute atomic E-state index is 0. The van der Waals surface area contributed by atoms with E-state index in [2.05, 4.69) is 60.5 Å². The van der Waals surface area contributed by atoms with Crippen LogP contribution in [0.25, 0.3) is 9.96 Å². The van der Waals surface area contributed by atoms with Gasteiger partial charge in [0.05, 0.1) is 0 Å². The summed E-state index contributed by atoms with van der Waals surface area (Å²) >= 11 is 0. The van der Waals surface area contributed by atoms with E-state index in [1.807, 2.05) is 25.5 Å². The van der Waals surface area contributed by atoms with Crippen molar-refractivity contribution in [2.75, 3.05) is 0 Å². The summed E-state index contributed by atoms with van der Waals surface area (Å²) in [6, 6.07) is 1.45. The average molecular weight is 930 g/mol. The number of rotatable bonds is 8. The fourth-order valence-corrected chi connectivity index (χ4v) is 24.7. The van der Waals surface area contributed by atoms with Gasteiger partial charge in [0.1, 0.15) is 0 Å². The van der Waals surface area contributed by atoms with Crippen molar-refractivity contribution in [2.24, 2.45) is 71.0 Å². The number of allylic oxidation sites excluding steroid dienone is 3. The predicted octanol–water partition coefficient (Wildman–Crippen LogP) is 17.7. The maximum absolute atomic E-state index is 5.65. The molecule has 0 bridgehead atoms. The molecule has 0 aromatic carbocycles. The van der Waals surface area contributed by atoms with Crippen LogP contribution in [0.2, 0.25) is 37.3 Å². The van der Waals surface area contributed by atoms with Crippen molar-refractivity contribution in [3.05, 3.63) is 70.9 Å². The summed E-state index contributed by atoms with van der Waals surface area (Å²) in [5.74, 6) is 12.3. The van der Waals surface area contributed by atoms with Crippen LogP contribution in [-0.2, 0) is 43.4 Å². The fourth-order valence-electron chi connectivity index (χ4n) is 15.9. The Morgan fingerprint density at radius 1 is 0.483 bits per heavy atom. The SMILES string of the molecule is C=C[CH-]/C=C/C.CC1C(C)C([Si](C)(C)[N-]C2CCCCC2)C2CC3CCCC3CC12.CC1C(C)C([Si](C)(C)[N-]C2CCCCC2)C2CC3CCCC3CC12.[CH3-].[CH3-].[CH3-].[CH3-].[Ti+3].[Ti+4]. The maximum atomic E-state index is 5.65. The van der Waals surface area contributed by atoms with Gasteiger partial charge in [-0.2, -0.15) is 31.2 Å². The topological polar surface area (TPSA) is 28.2 Å². The second-order valence-corrected chi connectivity index (χ2v) is 30.6. The van der Waals surface area contributed by atoms with Crippen molar-refractivity contribution in [1.29, 1.82) is 0 Å². The first-order valence-corrected chi connectivity index (χ1v) is 30.4. The Kier molecular flexibility index (Phi) is 28.2. The first-order valence-electron chi connectivity index (χ1n) is 24.4. The molecule has 0 N–H and O–H groups in total. The third kappa shape index (κ3) is 14.3. The molecule has 8 rings (SSSR count). The molecule has 0 saturated heterocycles. The van der Waals surface area contributed by atoms with E-state index in [1.165, 1.54) is 77.0 Å². The Hall–Kier alpha value is 1.13. The maximum Gasteiger partial charge on any atom is 4.00 e. The predicted molar refractivity (Wildman–Crippen MR) is 269 cm³/mol. The summed E-state index contributed by atoms with van der Waals surface area (Å²) in [5, 5.41) is 0. The normalized spacial score (nSPS) is 38.3. The number of hydrogen-bond acceptors (Lipinski definition) is 0. The van der Waals surface area contributed by atoms with Crippen molar-refractivity contribution in [2.45, 2.75) is 212 Å². The second kappa shape index (κ2) is 27.7. The van der Waals surface area contributed by atoms with Crippen molar-refractivity contribution in [3.63, 3.8) is 0 Å². The van der Waals surface area contributed by atoms with E-state index >= 15 is 0 Å². The van der Waals surface area contributed by atoms with Crippen LogP contribution in [0, 0.1) is 107 Å². The van der Waals surface area contributed by atoms with E-state index in [1.54, 1.807) is 57.4 Å². The molecule has 1 radical (unpaired) electrons. The standard InChI is InChI=1S/2C22H40NSi.C6H9.4CH3.2Ti/c2*1-15-16(2)22(24(3,4)23-19-11-6-5-7-12-19)21-14-18-10-8-9-17(18)13-20(15)21;1-3-5-6-4-2;;;;;;/h2*15-22H,5-14H2,1-4H3;3-6H,1H2,2H3;4*1H3;;/q7*-1;+3;+4/b;;6-4+;;;;;;. The van der Waals surface area contributed by atoms with E-state index < -0.39 is 16.5 Å². The fraction of sp³-hybridized carbons (Fsp3) is 0.833. The van der Waals surface area contributed by atoms with Crippen molar-refractivity contribution >= 4 is 16.5 Å². The third-order valence-electron chi connectivity index (χ3n) is 18.3. The molecule has 14 unspecified atom stereocenters. The van der Waals surface area contributed by atoms with Crippen molar-refractivity contribution in [3.8, 4) is 0 Å². The summed E-state index contributed by atoms with van der Waals surface area (Å²) in [6.07, 6.45) is 37.3. The zero-order chi connectivity index (χ0) is 38.6. The van der Waals surface area contributed by atoms with Crippen LogP contribution in [0.3, 0.4) is 0 Å². The Balaban J connectivity index is 0.000000940. The average Bonchev–Trinajstić information content (AvgIpc) is 3.92. The third-order valence-corrected chi connectivity index (χ3v) is 25.6. The molecule has 0 aromatic rings. The van der Waals surface area contributed by atoms with Gasteiger partial charge in [0.15, 0.2) is 0 Å². The van der Waals surface area contributed by atoms with Gasteiger partial charge in [0.2, 0.25) is 0 Å². The number of fused-ring (bicyclic) bond motifs is 4. The molecule has 8 aliphatic rings. The van der Waals surface area contributed by atoms with E-state index in [0.717, 1.165) is 94.2 Å². The van der Waals surface area contributed by atoms with Crippen LogP contribution in [0.15, 0.2) is 24.8 Å². The summed E-state index contributed by atoms with van der Waals surface area (Å²) in [6.45, 7) is 26.4. The molecule has 343 valence electrons.